The third-order valence-electron chi connectivity index (χ3n) is 2.96. The molecule has 0 bridgehead atoms. The molecule has 0 aliphatic rings. The Morgan fingerprint density at radius 1 is 1.20 bits per heavy atom. The van der Waals surface area contributed by atoms with Crippen molar-refractivity contribution >= 4 is 11.9 Å². The average molecular weight is 280 g/mol. The fraction of sp³-hybridized carbons (Fsp3) is 0.429. The van der Waals surface area contributed by atoms with Crippen LogP contribution in [0.5, 0.6) is 0 Å². The van der Waals surface area contributed by atoms with Crippen LogP contribution in [0.4, 0.5) is 0 Å². The van der Waals surface area contributed by atoms with Crippen LogP contribution in [0.1, 0.15) is 18.4 Å². The van der Waals surface area contributed by atoms with Gasteiger partial charge in [0.05, 0.1) is 6.04 Å². The van der Waals surface area contributed by atoms with Crippen LogP contribution in [-0.2, 0) is 16.0 Å². The number of amides is 1. The quantitative estimate of drug-likeness (QED) is 0.531. The van der Waals surface area contributed by atoms with E-state index in [9.17, 15) is 9.59 Å². The number of aliphatic hydroxyl groups excluding tert-OH is 1. The second-order valence-electron chi connectivity index (χ2n) is 4.54. The first-order valence-electron chi connectivity index (χ1n) is 6.48. The van der Waals surface area contributed by atoms with Crippen LogP contribution in [0.3, 0.4) is 0 Å². The summed E-state index contributed by atoms with van der Waals surface area (Å²) >= 11 is 0. The maximum absolute atomic E-state index is 11.8. The zero-order valence-corrected chi connectivity index (χ0v) is 11.2. The van der Waals surface area contributed by atoms with Crippen LogP contribution < -0.4 is 11.1 Å². The summed E-state index contributed by atoms with van der Waals surface area (Å²) in [5.74, 6) is -1.69. The lowest BCUT2D eigenvalue weighted by atomic mass is 10.0. The van der Waals surface area contributed by atoms with Crippen molar-refractivity contribution in [2.75, 3.05) is 6.61 Å². The predicted octanol–water partition coefficient (Wildman–Crippen LogP) is -0.102. The minimum Gasteiger partial charge on any atom is -0.480 e. The highest BCUT2D eigenvalue weighted by atomic mass is 16.4. The largest absolute Gasteiger partial charge is 0.480 e. The Hall–Kier alpha value is -1.92. The monoisotopic (exact) mass is 280 g/mol. The number of carboxylic acids is 1. The second-order valence-corrected chi connectivity index (χ2v) is 4.54. The summed E-state index contributed by atoms with van der Waals surface area (Å²) in [6, 6.07) is 7.73. The first-order chi connectivity index (χ1) is 9.54. The fourth-order valence-corrected chi connectivity index (χ4v) is 1.76. The summed E-state index contributed by atoms with van der Waals surface area (Å²) in [7, 11) is 0. The number of carboxylic acid groups (broad SMARTS) is 1. The topological polar surface area (TPSA) is 113 Å². The van der Waals surface area contributed by atoms with Crippen LogP contribution in [0.2, 0.25) is 0 Å². The number of carbonyl (C=O) groups is 2. The van der Waals surface area contributed by atoms with E-state index in [2.05, 4.69) is 5.32 Å². The highest BCUT2D eigenvalue weighted by molar-refractivity contribution is 5.86. The normalized spacial score (nSPS) is 13.5. The van der Waals surface area contributed by atoms with Gasteiger partial charge in [-0.15, -0.1) is 0 Å². The van der Waals surface area contributed by atoms with Gasteiger partial charge in [-0.1, -0.05) is 30.3 Å². The number of benzene rings is 1. The Kier molecular flexibility index (Phi) is 6.69. The Balaban J connectivity index is 2.44. The van der Waals surface area contributed by atoms with Gasteiger partial charge in [-0.05, 0) is 18.4 Å². The minimum absolute atomic E-state index is 0.0352. The van der Waals surface area contributed by atoms with E-state index in [1.54, 1.807) is 0 Å². The molecule has 0 heterocycles. The van der Waals surface area contributed by atoms with Crippen molar-refractivity contribution in [1.82, 2.24) is 5.32 Å². The Morgan fingerprint density at radius 2 is 1.85 bits per heavy atom. The first-order valence-corrected chi connectivity index (χ1v) is 6.48. The van der Waals surface area contributed by atoms with Gasteiger partial charge in [0.2, 0.25) is 5.91 Å². The number of aliphatic hydroxyl groups is 1. The van der Waals surface area contributed by atoms with Crippen molar-refractivity contribution in [3.8, 4) is 0 Å². The summed E-state index contributed by atoms with van der Waals surface area (Å²) in [6.45, 7) is -0.309. The SMILES string of the molecule is N[C@@H](CCc1ccccc1)C(=O)N[C@@H](CCO)C(=O)O. The molecule has 0 unspecified atom stereocenters. The van der Waals surface area contributed by atoms with E-state index < -0.39 is 24.0 Å². The summed E-state index contributed by atoms with van der Waals surface area (Å²) in [5.41, 5.74) is 6.81. The molecule has 1 aromatic carbocycles. The van der Waals surface area contributed by atoms with Crippen LogP contribution in [0.25, 0.3) is 0 Å². The Labute approximate surface area is 117 Å². The van der Waals surface area contributed by atoms with E-state index in [1.165, 1.54) is 0 Å². The number of nitrogens with two attached hydrogens (primary N) is 1. The van der Waals surface area contributed by atoms with Crippen LogP contribution >= 0.6 is 0 Å². The van der Waals surface area contributed by atoms with Crippen molar-refractivity contribution in [1.29, 1.82) is 0 Å². The molecule has 0 saturated carbocycles. The van der Waals surface area contributed by atoms with Gasteiger partial charge in [0.1, 0.15) is 6.04 Å². The van der Waals surface area contributed by atoms with Crippen molar-refractivity contribution in [3.05, 3.63) is 35.9 Å². The minimum atomic E-state index is -1.18. The molecule has 0 fully saturated rings. The molecule has 0 aliphatic heterocycles. The number of aryl methyl sites for hydroxylation is 1. The lowest BCUT2D eigenvalue weighted by Crippen LogP contribution is -2.48. The summed E-state index contributed by atoms with van der Waals surface area (Å²) < 4.78 is 0. The van der Waals surface area contributed by atoms with Crippen LogP contribution in [0.15, 0.2) is 30.3 Å². The Morgan fingerprint density at radius 3 is 2.40 bits per heavy atom. The van der Waals surface area contributed by atoms with Gasteiger partial charge in [0.15, 0.2) is 0 Å². The maximum Gasteiger partial charge on any atom is 0.326 e. The molecular formula is C14H20N2O4. The molecule has 0 aromatic heterocycles. The van der Waals surface area contributed by atoms with E-state index in [0.29, 0.717) is 12.8 Å². The number of aliphatic carboxylic acids is 1. The number of nitrogens with one attached hydrogen (secondary N) is 1. The van der Waals surface area contributed by atoms with E-state index in [0.717, 1.165) is 5.56 Å². The van der Waals surface area contributed by atoms with Crippen LogP contribution in [0, 0.1) is 0 Å². The van der Waals surface area contributed by atoms with E-state index in [-0.39, 0.29) is 13.0 Å². The molecule has 0 spiro atoms. The van der Waals surface area contributed by atoms with Gasteiger partial charge in [-0.3, -0.25) is 4.79 Å². The molecule has 0 saturated heterocycles. The fourth-order valence-electron chi connectivity index (χ4n) is 1.76. The molecule has 20 heavy (non-hydrogen) atoms. The van der Waals surface area contributed by atoms with Crippen molar-refractivity contribution < 1.29 is 19.8 Å². The molecule has 6 heteroatoms. The standard InChI is InChI=1S/C14H20N2O4/c15-11(7-6-10-4-2-1-3-5-10)13(18)16-12(8-9-17)14(19)20/h1-5,11-12,17H,6-9,15H2,(H,16,18)(H,19,20)/t11-,12-/m0/s1. The van der Waals surface area contributed by atoms with Crippen molar-refractivity contribution in [2.45, 2.75) is 31.3 Å². The third-order valence-corrected chi connectivity index (χ3v) is 2.96. The molecule has 1 aromatic rings. The van der Waals surface area contributed by atoms with E-state index in [1.807, 2.05) is 30.3 Å². The lowest BCUT2D eigenvalue weighted by molar-refractivity contribution is -0.142. The smallest absolute Gasteiger partial charge is 0.326 e. The van der Waals surface area contributed by atoms with Gasteiger partial charge in [0, 0.05) is 13.0 Å². The molecule has 1 rings (SSSR count). The highest BCUT2D eigenvalue weighted by Crippen LogP contribution is 2.04. The molecule has 5 N–H and O–H groups in total. The molecule has 0 aliphatic carbocycles. The first kappa shape index (κ1) is 16.1. The summed E-state index contributed by atoms with van der Waals surface area (Å²) in [5, 5.41) is 19.9. The second kappa shape index (κ2) is 8.29. The molecule has 2 atom stereocenters. The maximum atomic E-state index is 11.8. The van der Waals surface area contributed by atoms with Gasteiger partial charge in [-0.25, -0.2) is 4.79 Å². The average Bonchev–Trinajstić information content (AvgIpc) is 2.45. The zero-order valence-electron chi connectivity index (χ0n) is 11.2. The highest BCUT2D eigenvalue weighted by Gasteiger charge is 2.22. The lowest BCUT2D eigenvalue weighted by Gasteiger charge is -2.17. The molecule has 1 amide bonds. The number of carbonyl (C=O) groups excluding carboxylic acids is 1. The van der Waals surface area contributed by atoms with Gasteiger partial charge in [-0.2, -0.15) is 0 Å². The summed E-state index contributed by atoms with van der Waals surface area (Å²) in [6.07, 6.45) is 1.04. The molecule has 110 valence electrons. The number of rotatable bonds is 8. The Bertz CT molecular complexity index is 436. The summed E-state index contributed by atoms with van der Waals surface area (Å²) in [4.78, 5) is 22.6. The number of hydrogen-bond acceptors (Lipinski definition) is 4. The van der Waals surface area contributed by atoms with E-state index in [4.69, 9.17) is 15.9 Å². The molecule has 6 nitrogen and oxygen atoms in total. The third kappa shape index (κ3) is 5.38. The predicted molar refractivity (Wildman–Crippen MR) is 74.0 cm³/mol. The van der Waals surface area contributed by atoms with Gasteiger partial charge < -0.3 is 21.3 Å². The number of hydrogen-bond donors (Lipinski definition) is 4. The molecular weight excluding hydrogens is 260 g/mol. The van der Waals surface area contributed by atoms with E-state index >= 15 is 0 Å². The van der Waals surface area contributed by atoms with Gasteiger partial charge in [0.25, 0.3) is 0 Å². The van der Waals surface area contributed by atoms with Crippen molar-refractivity contribution in [3.63, 3.8) is 0 Å². The van der Waals surface area contributed by atoms with Crippen LogP contribution in [-0.4, -0.2) is 40.8 Å². The zero-order chi connectivity index (χ0) is 15.0. The van der Waals surface area contributed by atoms with Crippen molar-refractivity contribution in [2.24, 2.45) is 5.73 Å². The van der Waals surface area contributed by atoms with Gasteiger partial charge >= 0.3 is 5.97 Å². The molecule has 0 radical (unpaired) electrons.